The highest BCUT2D eigenvalue weighted by Gasteiger charge is 2.10. The third-order valence-corrected chi connectivity index (χ3v) is 3.53. The van der Waals surface area contributed by atoms with Crippen molar-refractivity contribution in [2.24, 2.45) is 0 Å². The van der Waals surface area contributed by atoms with Gasteiger partial charge in [0.15, 0.2) is 5.82 Å². The lowest BCUT2D eigenvalue weighted by Crippen LogP contribution is -2.19. The number of fused-ring (bicyclic) bond motifs is 1. The van der Waals surface area contributed by atoms with Gasteiger partial charge in [-0.25, -0.2) is 0 Å². The molecule has 0 amide bonds. The molecule has 6 nitrogen and oxygen atoms in total. The van der Waals surface area contributed by atoms with Gasteiger partial charge in [0.2, 0.25) is 0 Å². The van der Waals surface area contributed by atoms with E-state index in [2.05, 4.69) is 57.9 Å². The van der Waals surface area contributed by atoms with Gasteiger partial charge in [-0.1, -0.05) is 12.1 Å². The highest BCUT2D eigenvalue weighted by molar-refractivity contribution is 5.89. The third-order valence-electron chi connectivity index (χ3n) is 3.53. The van der Waals surface area contributed by atoms with Crippen molar-refractivity contribution in [3.05, 3.63) is 42.1 Å². The van der Waals surface area contributed by atoms with Crippen LogP contribution < -0.4 is 10.6 Å². The van der Waals surface area contributed by atoms with Gasteiger partial charge in [-0.3, -0.25) is 5.10 Å². The Hall–Kier alpha value is -2.63. The monoisotopic (exact) mass is 310 g/mol. The Balaban J connectivity index is 1.64. The second-order valence-corrected chi connectivity index (χ2v) is 6.08. The molecule has 0 bridgehead atoms. The molecule has 2 aromatic heterocycles. The summed E-state index contributed by atoms with van der Waals surface area (Å²) in [5.41, 5.74) is 1.99. The van der Waals surface area contributed by atoms with Crippen LogP contribution in [0.1, 0.15) is 26.5 Å². The maximum Gasteiger partial charge on any atom is 0.155 e. The van der Waals surface area contributed by atoms with Crippen molar-refractivity contribution in [3.63, 3.8) is 0 Å². The van der Waals surface area contributed by atoms with Gasteiger partial charge < -0.3 is 10.6 Å². The average molecular weight is 310 g/mol. The predicted molar refractivity (Wildman–Crippen MR) is 93.7 cm³/mol. The second kappa shape index (κ2) is 6.64. The first-order chi connectivity index (χ1) is 11.1. The smallest absolute Gasteiger partial charge is 0.155 e. The molecule has 3 rings (SSSR count). The number of nitrogens with one attached hydrogen (secondary N) is 3. The summed E-state index contributed by atoms with van der Waals surface area (Å²) in [6.45, 7) is 6.27. The van der Waals surface area contributed by atoms with Crippen LogP contribution in [-0.4, -0.2) is 32.5 Å². The molecule has 0 aliphatic heterocycles. The first-order valence-corrected chi connectivity index (χ1v) is 7.90. The number of hydrogen-bond acceptors (Lipinski definition) is 5. The third kappa shape index (κ3) is 3.77. The van der Waals surface area contributed by atoms with Gasteiger partial charge in [0.1, 0.15) is 5.82 Å². The quantitative estimate of drug-likeness (QED) is 0.651. The number of nitrogens with zero attached hydrogens (tertiary/aromatic N) is 3. The van der Waals surface area contributed by atoms with Gasteiger partial charge in [-0.15, -0.1) is 5.10 Å². The molecular formula is C17H22N6. The molecule has 0 radical (unpaired) electrons. The maximum atomic E-state index is 4.34. The highest BCUT2D eigenvalue weighted by atomic mass is 15.2. The van der Waals surface area contributed by atoms with Crippen molar-refractivity contribution in [2.45, 2.75) is 39.3 Å². The Morgan fingerprint density at radius 1 is 1.00 bits per heavy atom. The first kappa shape index (κ1) is 15.3. The SMILES string of the molecule is CC(C)Nc1ccc(CC(C)Nc2n[nH]c3ccccc23)nn1. The minimum absolute atomic E-state index is 0.208. The van der Waals surface area contributed by atoms with Crippen molar-refractivity contribution in [1.82, 2.24) is 20.4 Å². The van der Waals surface area contributed by atoms with E-state index in [0.29, 0.717) is 6.04 Å². The molecule has 2 heterocycles. The van der Waals surface area contributed by atoms with E-state index in [1.165, 1.54) is 0 Å². The lowest BCUT2D eigenvalue weighted by atomic mass is 10.1. The molecule has 23 heavy (non-hydrogen) atoms. The zero-order valence-corrected chi connectivity index (χ0v) is 13.7. The molecule has 0 spiro atoms. The van der Waals surface area contributed by atoms with Crippen molar-refractivity contribution in [3.8, 4) is 0 Å². The molecular weight excluding hydrogens is 288 g/mol. The molecule has 0 saturated carbocycles. The summed E-state index contributed by atoms with van der Waals surface area (Å²) < 4.78 is 0. The van der Waals surface area contributed by atoms with E-state index in [1.54, 1.807) is 0 Å². The van der Waals surface area contributed by atoms with E-state index < -0.39 is 0 Å². The normalized spacial score (nSPS) is 12.5. The summed E-state index contributed by atoms with van der Waals surface area (Å²) >= 11 is 0. The number of hydrogen-bond donors (Lipinski definition) is 3. The first-order valence-electron chi connectivity index (χ1n) is 7.90. The summed E-state index contributed by atoms with van der Waals surface area (Å²) in [6.07, 6.45) is 0.788. The summed E-state index contributed by atoms with van der Waals surface area (Å²) in [7, 11) is 0. The van der Waals surface area contributed by atoms with Gasteiger partial charge in [-0.05, 0) is 45.0 Å². The highest BCUT2D eigenvalue weighted by Crippen LogP contribution is 2.20. The fourth-order valence-corrected chi connectivity index (χ4v) is 2.51. The van der Waals surface area contributed by atoms with Crippen LogP contribution in [0.4, 0.5) is 11.6 Å². The number of benzene rings is 1. The molecule has 6 heteroatoms. The van der Waals surface area contributed by atoms with Crippen LogP contribution in [0.2, 0.25) is 0 Å². The van der Waals surface area contributed by atoms with E-state index in [4.69, 9.17) is 0 Å². The Kier molecular flexibility index (Phi) is 4.41. The minimum atomic E-state index is 0.208. The van der Waals surface area contributed by atoms with Crippen LogP contribution in [0.15, 0.2) is 36.4 Å². The second-order valence-electron chi connectivity index (χ2n) is 6.08. The van der Waals surface area contributed by atoms with E-state index in [1.807, 2.05) is 30.3 Å². The summed E-state index contributed by atoms with van der Waals surface area (Å²) in [5, 5.41) is 23.6. The summed E-state index contributed by atoms with van der Waals surface area (Å²) in [6, 6.07) is 12.6. The molecule has 1 unspecified atom stereocenters. The standard InChI is InChI=1S/C17H22N6/c1-11(2)18-16-9-8-13(20-22-16)10-12(3)19-17-14-6-4-5-7-15(14)21-23-17/h4-9,11-12H,10H2,1-3H3,(H,18,22)(H2,19,21,23). The number of rotatable bonds is 6. The van der Waals surface area contributed by atoms with Crippen LogP contribution in [0.5, 0.6) is 0 Å². The Morgan fingerprint density at radius 2 is 1.83 bits per heavy atom. The van der Waals surface area contributed by atoms with Crippen molar-refractivity contribution in [1.29, 1.82) is 0 Å². The molecule has 3 N–H and O–H groups in total. The largest absolute Gasteiger partial charge is 0.366 e. The Bertz CT molecular complexity index is 762. The van der Waals surface area contributed by atoms with Crippen LogP contribution >= 0.6 is 0 Å². The van der Waals surface area contributed by atoms with Crippen LogP contribution in [0, 0.1) is 0 Å². The van der Waals surface area contributed by atoms with Gasteiger partial charge >= 0.3 is 0 Å². The van der Waals surface area contributed by atoms with Gasteiger partial charge in [0.25, 0.3) is 0 Å². The average Bonchev–Trinajstić information content (AvgIpc) is 2.92. The van der Waals surface area contributed by atoms with Crippen molar-refractivity contribution in [2.75, 3.05) is 10.6 Å². The van der Waals surface area contributed by atoms with Crippen molar-refractivity contribution >= 4 is 22.5 Å². The van der Waals surface area contributed by atoms with Crippen molar-refractivity contribution < 1.29 is 0 Å². The number of aromatic nitrogens is 4. The van der Waals surface area contributed by atoms with E-state index in [0.717, 1.165) is 34.7 Å². The van der Waals surface area contributed by atoms with Crippen LogP contribution in [0.25, 0.3) is 10.9 Å². The lowest BCUT2D eigenvalue weighted by molar-refractivity contribution is 0.746. The minimum Gasteiger partial charge on any atom is -0.366 e. The fourth-order valence-electron chi connectivity index (χ4n) is 2.51. The van der Waals surface area contributed by atoms with E-state index in [9.17, 15) is 0 Å². The number of aromatic amines is 1. The molecule has 0 aliphatic rings. The predicted octanol–water partition coefficient (Wildman–Crippen LogP) is 3.22. The van der Waals surface area contributed by atoms with Gasteiger partial charge in [-0.2, -0.15) is 10.2 Å². The molecule has 0 aliphatic carbocycles. The molecule has 1 aromatic carbocycles. The zero-order chi connectivity index (χ0) is 16.2. The summed E-state index contributed by atoms with van der Waals surface area (Å²) in [4.78, 5) is 0. The Labute approximate surface area is 135 Å². The molecule has 1 atom stereocenters. The van der Waals surface area contributed by atoms with E-state index >= 15 is 0 Å². The fraction of sp³-hybridized carbons (Fsp3) is 0.353. The summed E-state index contributed by atoms with van der Waals surface area (Å²) in [5.74, 6) is 1.68. The number of H-pyrrole nitrogens is 1. The molecule has 3 aromatic rings. The van der Waals surface area contributed by atoms with Gasteiger partial charge in [0.05, 0.1) is 11.2 Å². The maximum absolute atomic E-state index is 4.34. The number of anilines is 2. The van der Waals surface area contributed by atoms with E-state index in [-0.39, 0.29) is 6.04 Å². The molecule has 0 fully saturated rings. The van der Waals surface area contributed by atoms with Gasteiger partial charge in [0, 0.05) is 23.9 Å². The number of para-hydroxylation sites is 1. The van der Waals surface area contributed by atoms with Crippen LogP contribution in [0.3, 0.4) is 0 Å². The molecule has 0 saturated heterocycles. The topological polar surface area (TPSA) is 78.5 Å². The lowest BCUT2D eigenvalue weighted by Gasteiger charge is -2.13. The Morgan fingerprint density at radius 3 is 2.57 bits per heavy atom. The van der Waals surface area contributed by atoms with Crippen LogP contribution in [-0.2, 0) is 6.42 Å². The zero-order valence-electron chi connectivity index (χ0n) is 13.7. The molecule has 120 valence electrons.